The lowest BCUT2D eigenvalue weighted by Gasteiger charge is -1.97. The van der Waals surface area contributed by atoms with Crippen LogP contribution in [0.4, 0.5) is 0 Å². The number of rotatable bonds is 3. The molecule has 0 bridgehead atoms. The van der Waals surface area contributed by atoms with Gasteiger partial charge < -0.3 is 10.6 Å². The van der Waals surface area contributed by atoms with Crippen molar-refractivity contribution >= 4 is 11.8 Å². The van der Waals surface area contributed by atoms with E-state index in [0.717, 1.165) is 0 Å². The Morgan fingerprint density at radius 2 is 1.17 bits per heavy atom. The molecule has 0 radical (unpaired) electrons. The average molecular weight is 176 g/mol. The number of amides is 2. The first-order chi connectivity index (χ1) is 4.70. The van der Waals surface area contributed by atoms with Crippen molar-refractivity contribution in [2.24, 2.45) is 0 Å². The summed E-state index contributed by atoms with van der Waals surface area (Å²) < 4.78 is 0. The summed E-state index contributed by atoms with van der Waals surface area (Å²) in [6.07, 6.45) is 0.520. The molecule has 0 atom stereocenters. The Balaban J connectivity index is -0.000000405. The monoisotopic (exact) mass is 176 g/mol. The molecule has 0 heterocycles. The van der Waals surface area contributed by atoms with Crippen molar-refractivity contribution in [3.8, 4) is 0 Å². The molecular formula is C8H20N2O2. The first kappa shape index (κ1) is 17.1. The van der Waals surface area contributed by atoms with E-state index in [2.05, 4.69) is 10.6 Å². The van der Waals surface area contributed by atoms with E-state index in [1.54, 1.807) is 14.1 Å². The molecule has 0 aromatic heterocycles. The number of hydrogen-bond acceptors (Lipinski definition) is 2. The van der Waals surface area contributed by atoms with E-state index >= 15 is 0 Å². The highest BCUT2D eigenvalue weighted by Crippen LogP contribution is 1.86. The van der Waals surface area contributed by atoms with Crippen LogP contribution >= 0.6 is 0 Å². The predicted molar refractivity (Wildman–Crippen MR) is 50.8 cm³/mol. The van der Waals surface area contributed by atoms with Crippen LogP contribution in [0.3, 0.4) is 0 Å². The van der Waals surface area contributed by atoms with Crippen molar-refractivity contribution in [3.63, 3.8) is 0 Å². The van der Waals surface area contributed by atoms with Crippen molar-refractivity contribution in [1.82, 2.24) is 10.6 Å². The molecule has 0 aliphatic carbocycles. The third-order valence-corrected chi connectivity index (χ3v) is 1.14. The fraction of sp³-hybridized carbons (Fsp3) is 0.750. The molecule has 0 aliphatic rings. The van der Waals surface area contributed by atoms with Crippen molar-refractivity contribution in [3.05, 3.63) is 0 Å². The number of nitrogens with one attached hydrogen (secondary N) is 2. The quantitative estimate of drug-likeness (QED) is 0.659. The van der Waals surface area contributed by atoms with Crippen molar-refractivity contribution in [2.45, 2.75) is 27.7 Å². The van der Waals surface area contributed by atoms with E-state index in [-0.39, 0.29) is 39.5 Å². The molecule has 4 nitrogen and oxygen atoms in total. The molecule has 0 saturated heterocycles. The summed E-state index contributed by atoms with van der Waals surface area (Å²) in [6, 6.07) is 0. The van der Waals surface area contributed by atoms with Gasteiger partial charge in [0.1, 0.15) is 0 Å². The average Bonchev–Trinajstić information content (AvgIpc) is 1.99. The van der Waals surface area contributed by atoms with Crippen LogP contribution in [0.15, 0.2) is 0 Å². The van der Waals surface area contributed by atoms with Crippen LogP contribution in [-0.4, -0.2) is 25.9 Å². The summed E-state index contributed by atoms with van der Waals surface area (Å²) in [5.74, 6) is -0.216. The summed E-state index contributed by atoms with van der Waals surface area (Å²) in [7, 11) is 3.10. The van der Waals surface area contributed by atoms with Gasteiger partial charge in [-0.25, -0.2) is 0 Å². The minimum Gasteiger partial charge on any atom is -0.359 e. The molecule has 0 fully saturated rings. The summed E-state index contributed by atoms with van der Waals surface area (Å²) in [4.78, 5) is 21.1. The first-order valence-corrected chi connectivity index (χ1v) is 3.12. The molecule has 0 saturated carbocycles. The maximum Gasteiger partial charge on any atom is 0.220 e. The predicted octanol–water partition coefficient (Wildman–Crippen LogP) is 0.531. The van der Waals surface area contributed by atoms with E-state index in [0.29, 0.717) is 0 Å². The Labute approximate surface area is 74.7 Å². The minimum absolute atomic E-state index is 0. The van der Waals surface area contributed by atoms with Crippen LogP contribution in [0.5, 0.6) is 0 Å². The van der Waals surface area contributed by atoms with Gasteiger partial charge in [-0.3, -0.25) is 9.59 Å². The highest BCUT2D eigenvalue weighted by molar-refractivity contribution is 5.83. The summed E-state index contributed by atoms with van der Waals surface area (Å²) >= 11 is 0. The second-order valence-corrected chi connectivity index (χ2v) is 1.85. The molecular weight excluding hydrogens is 156 g/mol. The van der Waals surface area contributed by atoms with Gasteiger partial charge in [-0.05, 0) is 0 Å². The Kier molecular flexibility index (Phi) is 14.2. The summed E-state index contributed by atoms with van der Waals surface area (Å²) in [5.41, 5.74) is 0. The van der Waals surface area contributed by atoms with Crippen LogP contribution in [0.1, 0.15) is 27.7 Å². The van der Waals surface area contributed by atoms with Gasteiger partial charge in [0, 0.05) is 26.9 Å². The lowest BCUT2D eigenvalue weighted by molar-refractivity contribution is -0.125. The molecule has 2 N–H and O–H groups in total. The molecule has 0 aromatic rings. The highest BCUT2D eigenvalue weighted by atomic mass is 16.2. The minimum atomic E-state index is -0.108. The molecule has 0 unspecified atom stereocenters. The van der Waals surface area contributed by atoms with Gasteiger partial charge in [-0.15, -0.1) is 0 Å². The van der Waals surface area contributed by atoms with Gasteiger partial charge in [0.05, 0.1) is 0 Å². The molecule has 4 heteroatoms. The first-order valence-electron chi connectivity index (χ1n) is 3.12. The fourth-order valence-corrected chi connectivity index (χ4v) is 0.477. The Hall–Kier alpha value is -1.06. The van der Waals surface area contributed by atoms with Gasteiger partial charge in [0.2, 0.25) is 11.8 Å². The third kappa shape index (κ3) is 8.94. The van der Waals surface area contributed by atoms with E-state index < -0.39 is 0 Å². The molecule has 12 heavy (non-hydrogen) atoms. The smallest absolute Gasteiger partial charge is 0.220 e. The molecule has 0 spiro atoms. The van der Waals surface area contributed by atoms with Crippen LogP contribution < -0.4 is 10.6 Å². The van der Waals surface area contributed by atoms with Crippen LogP contribution in [-0.2, 0) is 9.59 Å². The maximum atomic E-state index is 10.5. The lowest BCUT2D eigenvalue weighted by Crippen LogP contribution is -2.23. The van der Waals surface area contributed by atoms with Gasteiger partial charge in [-0.2, -0.15) is 0 Å². The zero-order valence-corrected chi connectivity index (χ0v) is 6.23. The zero-order chi connectivity index (χ0) is 7.98. The van der Waals surface area contributed by atoms with Crippen LogP contribution in [0.25, 0.3) is 0 Å². The van der Waals surface area contributed by atoms with Gasteiger partial charge in [0.25, 0.3) is 0 Å². The van der Waals surface area contributed by atoms with E-state index in [1.165, 1.54) is 0 Å². The normalized spacial score (nSPS) is 7.17. The fourth-order valence-electron chi connectivity index (χ4n) is 0.477. The Morgan fingerprint density at radius 1 is 0.917 bits per heavy atom. The number of hydrogen-bond donors (Lipinski definition) is 2. The molecule has 74 valence electrons. The Bertz CT molecular complexity index is 119. The topological polar surface area (TPSA) is 58.2 Å². The van der Waals surface area contributed by atoms with Crippen LogP contribution in [0, 0.1) is 0 Å². The lowest BCUT2D eigenvalue weighted by atomic mass is 10.3. The van der Waals surface area contributed by atoms with Gasteiger partial charge in [-0.1, -0.05) is 14.9 Å². The van der Waals surface area contributed by atoms with E-state index in [1.807, 2.05) is 0 Å². The third-order valence-electron chi connectivity index (χ3n) is 1.14. The SMILES string of the molecule is C.C.CNC(=O)CCC(=O)NC. The van der Waals surface area contributed by atoms with E-state index in [4.69, 9.17) is 0 Å². The standard InChI is InChI=1S/C6H12N2O2.2CH4/c1-7-5(9)3-4-6(10)8-2;;/h3-4H2,1-2H3,(H,7,9)(H,8,10);2*1H4. The molecule has 2 amide bonds. The van der Waals surface area contributed by atoms with Gasteiger partial charge in [0.15, 0.2) is 0 Å². The largest absolute Gasteiger partial charge is 0.359 e. The number of carbonyl (C=O) groups is 2. The number of carbonyl (C=O) groups excluding carboxylic acids is 2. The molecule has 0 rings (SSSR count). The summed E-state index contributed by atoms with van der Waals surface area (Å²) in [6.45, 7) is 0. The van der Waals surface area contributed by atoms with Gasteiger partial charge >= 0.3 is 0 Å². The molecule has 0 aromatic carbocycles. The van der Waals surface area contributed by atoms with E-state index in [9.17, 15) is 9.59 Å². The second-order valence-electron chi connectivity index (χ2n) is 1.85. The maximum absolute atomic E-state index is 10.5. The Morgan fingerprint density at radius 3 is 1.33 bits per heavy atom. The van der Waals surface area contributed by atoms with Crippen LogP contribution in [0.2, 0.25) is 0 Å². The van der Waals surface area contributed by atoms with Crippen molar-refractivity contribution in [1.29, 1.82) is 0 Å². The zero-order valence-electron chi connectivity index (χ0n) is 6.23. The second kappa shape index (κ2) is 9.94. The molecule has 0 aliphatic heterocycles. The summed E-state index contributed by atoms with van der Waals surface area (Å²) in [5, 5.41) is 4.85. The highest BCUT2D eigenvalue weighted by Gasteiger charge is 2.01. The van der Waals surface area contributed by atoms with Crippen molar-refractivity contribution in [2.75, 3.05) is 14.1 Å². The van der Waals surface area contributed by atoms with Crippen molar-refractivity contribution < 1.29 is 9.59 Å².